The predicted octanol–water partition coefficient (Wildman–Crippen LogP) is 4.87. The summed E-state index contributed by atoms with van der Waals surface area (Å²) in [6.07, 6.45) is 1.57. The molecule has 0 fully saturated rings. The van der Waals surface area contributed by atoms with Crippen LogP contribution in [0.2, 0.25) is 5.02 Å². The van der Waals surface area contributed by atoms with E-state index in [0.29, 0.717) is 5.76 Å². The zero-order valence-corrected chi connectivity index (χ0v) is 15.7. The van der Waals surface area contributed by atoms with Crippen molar-refractivity contribution in [2.75, 3.05) is 5.32 Å². The van der Waals surface area contributed by atoms with Crippen molar-refractivity contribution >= 4 is 28.9 Å². The van der Waals surface area contributed by atoms with Gasteiger partial charge in [-0.05, 0) is 36.8 Å². The average molecular weight is 400 g/mol. The van der Waals surface area contributed by atoms with Gasteiger partial charge in [-0.3, -0.25) is 20.2 Å². The number of furan rings is 1. The van der Waals surface area contributed by atoms with Gasteiger partial charge < -0.3 is 9.73 Å². The summed E-state index contributed by atoms with van der Waals surface area (Å²) < 4.78 is 5.40. The molecule has 0 aliphatic carbocycles. The van der Waals surface area contributed by atoms with Gasteiger partial charge in [-0.2, -0.15) is 0 Å². The lowest BCUT2D eigenvalue weighted by Crippen LogP contribution is -2.34. The van der Waals surface area contributed by atoms with Crippen molar-refractivity contribution in [1.82, 2.24) is 5.32 Å². The lowest BCUT2D eigenvalue weighted by molar-refractivity contribution is -0.384. The quantitative estimate of drug-likeness (QED) is 0.436. The monoisotopic (exact) mass is 399 g/mol. The van der Waals surface area contributed by atoms with E-state index in [2.05, 4.69) is 10.6 Å². The molecule has 8 heteroatoms. The van der Waals surface area contributed by atoms with Gasteiger partial charge in [0.1, 0.15) is 16.8 Å². The highest BCUT2D eigenvalue weighted by atomic mass is 35.5. The highest BCUT2D eigenvalue weighted by Gasteiger charge is 2.24. The van der Waals surface area contributed by atoms with Crippen LogP contribution >= 0.6 is 11.6 Å². The number of hydrogen-bond acceptors (Lipinski definition) is 5. The Morgan fingerprint density at radius 2 is 1.89 bits per heavy atom. The van der Waals surface area contributed by atoms with Crippen LogP contribution in [0.1, 0.15) is 30.3 Å². The normalized spacial score (nSPS) is 12.9. The number of carbonyl (C=O) groups excluding carboxylic acids is 1. The molecule has 0 spiro atoms. The Hall–Kier alpha value is -3.16. The molecule has 0 bridgehead atoms. The van der Waals surface area contributed by atoms with E-state index in [1.807, 2.05) is 43.3 Å². The maximum Gasteiger partial charge on any atom is 0.289 e. The van der Waals surface area contributed by atoms with Crippen molar-refractivity contribution in [2.24, 2.45) is 0 Å². The second-order valence-electron chi connectivity index (χ2n) is 6.16. The van der Waals surface area contributed by atoms with Gasteiger partial charge in [-0.25, -0.2) is 0 Å². The molecular weight excluding hydrogens is 382 g/mol. The molecule has 2 aromatic carbocycles. The number of nitrogens with one attached hydrogen (secondary N) is 2. The van der Waals surface area contributed by atoms with Crippen molar-refractivity contribution < 1.29 is 14.1 Å². The number of amides is 1. The van der Waals surface area contributed by atoms with E-state index in [-0.39, 0.29) is 28.3 Å². The van der Waals surface area contributed by atoms with Gasteiger partial charge in [0.15, 0.2) is 0 Å². The first kappa shape index (κ1) is 19.6. The molecule has 0 radical (unpaired) electrons. The van der Waals surface area contributed by atoms with E-state index in [1.54, 1.807) is 12.3 Å². The van der Waals surface area contributed by atoms with Crippen LogP contribution in [0.15, 0.2) is 71.3 Å². The summed E-state index contributed by atoms with van der Waals surface area (Å²) in [5.41, 5.74) is 0.768. The van der Waals surface area contributed by atoms with Crippen molar-refractivity contribution in [2.45, 2.75) is 19.0 Å². The van der Waals surface area contributed by atoms with Crippen LogP contribution in [0.4, 0.5) is 11.4 Å². The maximum atomic E-state index is 13.0. The van der Waals surface area contributed by atoms with Crippen LogP contribution in [-0.4, -0.2) is 10.8 Å². The highest BCUT2D eigenvalue weighted by molar-refractivity contribution is 6.32. The molecule has 1 aromatic heterocycles. The number of nitrogens with zero attached hydrogens (tertiary/aromatic N) is 1. The van der Waals surface area contributed by atoms with Gasteiger partial charge in [0.2, 0.25) is 5.91 Å². The Morgan fingerprint density at radius 3 is 2.54 bits per heavy atom. The summed E-state index contributed by atoms with van der Waals surface area (Å²) >= 11 is 5.83. The minimum atomic E-state index is -0.698. The first-order chi connectivity index (χ1) is 13.5. The molecule has 0 aliphatic heterocycles. The van der Waals surface area contributed by atoms with Crippen molar-refractivity contribution in [1.29, 1.82) is 0 Å². The van der Waals surface area contributed by atoms with E-state index in [1.165, 1.54) is 18.2 Å². The van der Waals surface area contributed by atoms with Crippen LogP contribution < -0.4 is 10.6 Å². The number of benzene rings is 2. The summed E-state index contributed by atoms with van der Waals surface area (Å²) in [5, 5.41) is 17.0. The van der Waals surface area contributed by atoms with Crippen molar-refractivity contribution in [3.8, 4) is 0 Å². The molecule has 3 aromatic rings. The molecule has 1 amide bonds. The van der Waals surface area contributed by atoms with E-state index >= 15 is 0 Å². The third-order valence-electron chi connectivity index (χ3n) is 4.19. The molecular formula is C20H18ClN3O4. The number of nitro benzene ring substituents is 1. The lowest BCUT2D eigenvalue weighted by Gasteiger charge is -2.22. The van der Waals surface area contributed by atoms with Gasteiger partial charge in [0.05, 0.1) is 17.2 Å². The number of rotatable bonds is 7. The van der Waals surface area contributed by atoms with Crippen molar-refractivity contribution in [3.63, 3.8) is 0 Å². The number of anilines is 1. The molecule has 2 N–H and O–H groups in total. The third kappa shape index (κ3) is 4.57. The fourth-order valence-electron chi connectivity index (χ4n) is 2.78. The largest absolute Gasteiger partial charge is 0.468 e. The molecule has 0 saturated carbocycles. The van der Waals surface area contributed by atoms with Crippen LogP contribution in [-0.2, 0) is 4.79 Å². The smallest absolute Gasteiger partial charge is 0.289 e. The molecule has 3 rings (SSSR count). The van der Waals surface area contributed by atoms with Gasteiger partial charge in [0, 0.05) is 11.8 Å². The predicted molar refractivity (Wildman–Crippen MR) is 106 cm³/mol. The summed E-state index contributed by atoms with van der Waals surface area (Å²) in [6, 6.07) is 16.0. The Balaban J connectivity index is 1.84. The minimum absolute atomic E-state index is 0.00664. The maximum absolute atomic E-state index is 13.0. The van der Waals surface area contributed by atoms with E-state index in [4.69, 9.17) is 16.0 Å². The van der Waals surface area contributed by atoms with Gasteiger partial charge in [-0.15, -0.1) is 0 Å². The highest BCUT2D eigenvalue weighted by Crippen LogP contribution is 2.28. The van der Waals surface area contributed by atoms with E-state index in [0.717, 1.165) is 5.56 Å². The van der Waals surface area contributed by atoms with Gasteiger partial charge in [0.25, 0.3) is 5.69 Å². The second-order valence-corrected chi connectivity index (χ2v) is 6.57. The molecule has 1 heterocycles. The molecule has 0 saturated heterocycles. The van der Waals surface area contributed by atoms with Crippen LogP contribution in [0, 0.1) is 10.1 Å². The lowest BCUT2D eigenvalue weighted by atomic mass is 10.0. The molecule has 7 nitrogen and oxygen atoms in total. The first-order valence-corrected chi connectivity index (χ1v) is 8.92. The fraction of sp³-hybridized carbons (Fsp3) is 0.150. The summed E-state index contributed by atoms with van der Waals surface area (Å²) in [5.74, 6) is 0.331. The Labute approximate surface area is 166 Å². The molecule has 0 unspecified atom stereocenters. The average Bonchev–Trinajstić information content (AvgIpc) is 3.22. The summed E-state index contributed by atoms with van der Waals surface area (Å²) in [6.45, 7) is 1.88. The van der Waals surface area contributed by atoms with E-state index < -0.39 is 11.0 Å². The molecule has 28 heavy (non-hydrogen) atoms. The SMILES string of the molecule is C[C@H](N[C@H](C(=O)Nc1ccc(Cl)c([N+](=O)[O-])c1)c1ccccc1)c1ccco1. The van der Waals surface area contributed by atoms with Gasteiger partial charge >= 0.3 is 0 Å². The molecule has 144 valence electrons. The summed E-state index contributed by atoms with van der Waals surface area (Å²) in [4.78, 5) is 23.5. The van der Waals surface area contributed by atoms with Crippen LogP contribution in [0.5, 0.6) is 0 Å². The number of carbonyl (C=O) groups is 1. The van der Waals surface area contributed by atoms with Crippen molar-refractivity contribution in [3.05, 3.63) is 93.4 Å². The van der Waals surface area contributed by atoms with Crippen LogP contribution in [0.25, 0.3) is 0 Å². The zero-order chi connectivity index (χ0) is 20.1. The zero-order valence-electron chi connectivity index (χ0n) is 15.0. The summed E-state index contributed by atoms with van der Waals surface area (Å²) in [7, 11) is 0. The third-order valence-corrected chi connectivity index (χ3v) is 4.51. The topological polar surface area (TPSA) is 97.4 Å². The number of nitro groups is 1. The Morgan fingerprint density at radius 1 is 1.14 bits per heavy atom. The molecule has 0 aliphatic rings. The minimum Gasteiger partial charge on any atom is -0.468 e. The van der Waals surface area contributed by atoms with Gasteiger partial charge in [-0.1, -0.05) is 41.9 Å². The van der Waals surface area contributed by atoms with Crippen LogP contribution in [0.3, 0.4) is 0 Å². The van der Waals surface area contributed by atoms with E-state index in [9.17, 15) is 14.9 Å². The number of hydrogen-bond donors (Lipinski definition) is 2. The second kappa shape index (κ2) is 8.69. The number of halogens is 1. The Kier molecular flexibility index (Phi) is 6.08. The fourth-order valence-corrected chi connectivity index (χ4v) is 2.97. The first-order valence-electron chi connectivity index (χ1n) is 8.55. The Bertz CT molecular complexity index is 961. The molecule has 2 atom stereocenters. The standard InChI is InChI=1S/C20H18ClN3O4/c1-13(18-8-5-11-28-18)22-19(14-6-3-2-4-7-14)20(25)23-15-9-10-16(21)17(12-15)24(26)27/h2-13,19,22H,1H3,(H,23,25)/t13-,19-/m0/s1.